The number of hydrogen-bond donors (Lipinski definition) is 3. The third-order valence-electron chi connectivity index (χ3n) is 7.29. The topological polar surface area (TPSA) is 109 Å². The maximum Gasteiger partial charge on any atom is 0.408 e. The predicted molar refractivity (Wildman–Crippen MR) is 178 cm³/mol. The lowest BCUT2D eigenvalue weighted by molar-refractivity contribution is -0.127. The number of alkyl carbamates (subject to hydrolysis) is 1. The molecule has 4 rings (SSSR count). The largest absolute Gasteiger partial charge is 0.444 e. The van der Waals surface area contributed by atoms with Crippen LogP contribution < -0.4 is 16.0 Å². The Kier molecular flexibility index (Phi) is 12.4. The van der Waals surface area contributed by atoms with Crippen molar-refractivity contribution in [1.82, 2.24) is 20.9 Å². The summed E-state index contributed by atoms with van der Waals surface area (Å²) >= 11 is 1.54. The predicted octanol–water partition coefficient (Wildman–Crippen LogP) is 4.17. The molecule has 1 fully saturated rings. The molecule has 0 unspecified atom stereocenters. The van der Waals surface area contributed by atoms with Gasteiger partial charge in [-0.1, -0.05) is 91.0 Å². The molecule has 0 aliphatic carbocycles. The maximum atomic E-state index is 13.6. The zero-order valence-corrected chi connectivity index (χ0v) is 27.1. The monoisotopic (exact) mass is 632 g/mol. The van der Waals surface area contributed by atoms with Crippen molar-refractivity contribution in [3.05, 3.63) is 108 Å². The number of carbonyl (C=O) groups is 3. The Morgan fingerprint density at radius 3 is 1.82 bits per heavy atom. The van der Waals surface area contributed by atoms with Crippen LogP contribution in [-0.2, 0) is 23.8 Å². The maximum absolute atomic E-state index is 13.6. The van der Waals surface area contributed by atoms with Crippen LogP contribution in [0.1, 0.15) is 37.5 Å². The lowest BCUT2D eigenvalue weighted by atomic mass is 9.84. The van der Waals surface area contributed by atoms with E-state index >= 15 is 0 Å². The highest BCUT2D eigenvalue weighted by atomic mass is 32.2. The Labute approximate surface area is 270 Å². The number of nitrogens with one attached hydrogen (secondary N) is 3. The second kappa shape index (κ2) is 16.5. The normalized spacial score (nSPS) is 14.6. The molecule has 240 valence electrons. The van der Waals surface area contributed by atoms with E-state index in [9.17, 15) is 14.4 Å². The molecule has 1 heterocycles. The van der Waals surface area contributed by atoms with Gasteiger partial charge < -0.3 is 25.4 Å². The Morgan fingerprint density at radius 2 is 1.33 bits per heavy atom. The highest BCUT2D eigenvalue weighted by molar-refractivity contribution is 8.00. The van der Waals surface area contributed by atoms with Gasteiger partial charge in [0.1, 0.15) is 11.6 Å². The molecule has 10 heteroatoms. The van der Waals surface area contributed by atoms with Gasteiger partial charge in [0, 0.05) is 31.9 Å². The van der Waals surface area contributed by atoms with E-state index in [1.807, 2.05) is 54.6 Å². The fourth-order valence-corrected chi connectivity index (χ4v) is 6.70. The number of hydrogen-bond acceptors (Lipinski definition) is 7. The average Bonchev–Trinajstić information content (AvgIpc) is 3.04. The number of benzene rings is 3. The summed E-state index contributed by atoms with van der Waals surface area (Å²) in [5.41, 5.74) is 2.34. The molecule has 0 spiro atoms. The Bertz CT molecular complexity index is 1270. The summed E-state index contributed by atoms with van der Waals surface area (Å²) in [4.78, 5) is 41.4. The summed E-state index contributed by atoms with van der Waals surface area (Å²) in [5, 5.41) is 8.36. The van der Waals surface area contributed by atoms with Crippen LogP contribution >= 0.6 is 11.8 Å². The van der Waals surface area contributed by atoms with Crippen molar-refractivity contribution in [1.29, 1.82) is 0 Å². The van der Waals surface area contributed by atoms with E-state index in [1.165, 1.54) is 0 Å². The summed E-state index contributed by atoms with van der Waals surface area (Å²) in [7, 11) is 0. The lowest BCUT2D eigenvalue weighted by Crippen LogP contribution is -2.52. The SMILES string of the molecule is CC(C)(C)OC(=O)N[C@@H](CSC(c1ccccc1)(c1ccccc1)c1ccccc1)C(=O)NCC(=O)NCCN1CCOCC1. The third-order valence-corrected chi connectivity index (χ3v) is 8.93. The summed E-state index contributed by atoms with van der Waals surface area (Å²) in [6, 6.07) is 29.4. The molecule has 0 bridgehead atoms. The molecule has 1 aliphatic heterocycles. The number of carbonyl (C=O) groups excluding carboxylic acids is 3. The van der Waals surface area contributed by atoms with Crippen LogP contribution in [0.25, 0.3) is 0 Å². The van der Waals surface area contributed by atoms with Crippen LogP contribution in [-0.4, -0.2) is 86.1 Å². The minimum Gasteiger partial charge on any atom is -0.444 e. The Hall–Kier alpha value is -3.86. The van der Waals surface area contributed by atoms with E-state index in [0.29, 0.717) is 26.3 Å². The molecule has 1 atom stereocenters. The van der Waals surface area contributed by atoms with Gasteiger partial charge >= 0.3 is 6.09 Å². The van der Waals surface area contributed by atoms with Crippen molar-refractivity contribution >= 4 is 29.7 Å². The molecular weight excluding hydrogens is 588 g/mol. The van der Waals surface area contributed by atoms with Crippen molar-refractivity contribution in [2.24, 2.45) is 0 Å². The van der Waals surface area contributed by atoms with Crippen molar-refractivity contribution in [3.8, 4) is 0 Å². The van der Waals surface area contributed by atoms with Gasteiger partial charge in [0.15, 0.2) is 0 Å². The van der Waals surface area contributed by atoms with Crippen molar-refractivity contribution < 1.29 is 23.9 Å². The van der Waals surface area contributed by atoms with Gasteiger partial charge in [-0.05, 0) is 37.5 Å². The van der Waals surface area contributed by atoms with E-state index in [4.69, 9.17) is 9.47 Å². The first-order chi connectivity index (χ1) is 21.7. The van der Waals surface area contributed by atoms with Gasteiger partial charge in [0.2, 0.25) is 11.8 Å². The second-order valence-electron chi connectivity index (χ2n) is 11.8. The molecule has 0 saturated carbocycles. The minimum absolute atomic E-state index is 0.197. The number of amides is 3. The Morgan fingerprint density at radius 1 is 0.822 bits per heavy atom. The van der Waals surface area contributed by atoms with Gasteiger partial charge in [-0.15, -0.1) is 11.8 Å². The van der Waals surface area contributed by atoms with Crippen LogP contribution in [0.5, 0.6) is 0 Å². The van der Waals surface area contributed by atoms with E-state index in [-0.39, 0.29) is 18.2 Å². The molecule has 0 radical (unpaired) electrons. The van der Waals surface area contributed by atoms with Crippen LogP contribution in [0.15, 0.2) is 91.0 Å². The first kappa shape index (κ1) is 34.0. The number of nitrogens with zero attached hydrogens (tertiary/aromatic N) is 1. The van der Waals surface area contributed by atoms with Crippen molar-refractivity contribution in [2.75, 3.05) is 51.7 Å². The highest BCUT2D eigenvalue weighted by Crippen LogP contribution is 2.48. The molecule has 0 aromatic heterocycles. The molecule has 45 heavy (non-hydrogen) atoms. The van der Waals surface area contributed by atoms with Crippen molar-refractivity contribution in [2.45, 2.75) is 37.2 Å². The molecule has 1 saturated heterocycles. The van der Waals surface area contributed by atoms with Crippen LogP contribution in [0.2, 0.25) is 0 Å². The van der Waals surface area contributed by atoms with Crippen LogP contribution in [0.4, 0.5) is 4.79 Å². The molecule has 9 nitrogen and oxygen atoms in total. The number of ether oxygens (including phenoxy) is 2. The van der Waals surface area contributed by atoms with E-state index < -0.39 is 28.4 Å². The summed E-state index contributed by atoms with van der Waals surface area (Å²) in [5.74, 6) is -0.574. The van der Waals surface area contributed by atoms with Gasteiger partial charge in [0.05, 0.1) is 24.5 Å². The molecule has 1 aliphatic rings. The van der Waals surface area contributed by atoms with Gasteiger partial charge in [0.25, 0.3) is 0 Å². The zero-order chi connectivity index (χ0) is 32.1. The van der Waals surface area contributed by atoms with E-state index in [0.717, 1.165) is 29.8 Å². The summed E-state index contributed by atoms with van der Waals surface area (Å²) in [6.07, 6.45) is -0.706. The number of morpholine rings is 1. The number of thioether (sulfide) groups is 1. The van der Waals surface area contributed by atoms with Crippen LogP contribution in [0, 0.1) is 0 Å². The highest BCUT2D eigenvalue weighted by Gasteiger charge is 2.39. The first-order valence-corrected chi connectivity index (χ1v) is 16.3. The average molecular weight is 633 g/mol. The van der Waals surface area contributed by atoms with E-state index in [1.54, 1.807) is 32.5 Å². The zero-order valence-electron chi connectivity index (χ0n) is 26.3. The van der Waals surface area contributed by atoms with Crippen molar-refractivity contribution in [3.63, 3.8) is 0 Å². The Balaban J connectivity index is 1.54. The molecule has 3 aromatic rings. The van der Waals surface area contributed by atoms with Gasteiger partial charge in [-0.2, -0.15) is 0 Å². The smallest absolute Gasteiger partial charge is 0.408 e. The van der Waals surface area contributed by atoms with Crippen LogP contribution in [0.3, 0.4) is 0 Å². The lowest BCUT2D eigenvalue weighted by Gasteiger charge is -2.36. The fourth-order valence-electron chi connectivity index (χ4n) is 5.14. The summed E-state index contributed by atoms with van der Waals surface area (Å²) < 4.78 is 10.2. The van der Waals surface area contributed by atoms with E-state index in [2.05, 4.69) is 57.2 Å². The van der Waals surface area contributed by atoms with Gasteiger partial charge in [-0.3, -0.25) is 14.5 Å². The molecule has 3 amide bonds. The molecular formula is C35H44N4O5S. The molecule has 3 N–H and O–H groups in total. The fraction of sp³-hybridized carbons (Fsp3) is 0.400. The quantitative estimate of drug-likeness (QED) is 0.243. The first-order valence-electron chi connectivity index (χ1n) is 15.3. The van der Waals surface area contributed by atoms with Gasteiger partial charge in [-0.25, -0.2) is 4.79 Å². The molecule has 3 aromatic carbocycles. The standard InChI is InChI=1S/C35H44N4O5S/c1-34(2,3)44-33(42)38-30(32(41)37-25-31(40)36-19-20-39-21-23-43-24-22-39)26-45-35(27-13-7-4-8-14-27,28-15-9-5-10-16-28)29-17-11-6-12-18-29/h4-18,30H,19-26H2,1-3H3,(H,36,40)(H,37,41)(H,38,42)/t30-/m0/s1. The number of rotatable bonds is 13. The summed E-state index contributed by atoms with van der Waals surface area (Å²) in [6.45, 7) is 9.32. The third kappa shape index (κ3) is 10.1. The second-order valence-corrected chi connectivity index (χ2v) is 13.0. The minimum atomic E-state index is -0.985.